The van der Waals surface area contributed by atoms with E-state index in [1.807, 2.05) is 11.3 Å². The first-order valence-electron chi connectivity index (χ1n) is 5.98. The van der Waals surface area contributed by atoms with Crippen molar-refractivity contribution in [1.29, 1.82) is 0 Å². The van der Waals surface area contributed by atoms with E-state index in [4.69, 9.17) is 10.7 Å². The summed E-state index contributed by atoms with van der Waals surface area (Å²) in [6.07, 6.45) is 3.56. The van der Waals surface area contributed by atoms with Crippen molar-refractivity contribution in [1.82, 2.24) is 4.98 Å². The number of thiazole rings is 1. The highest BCUT2D eigenvalue weighted by molar-refractivity contribution is 7.99. The number of thioether (sulfide) groups is 1. The summed E-state index contributed by atoms with van der Waals surface area (Å²) in [6, 6.07) is 0.242. The van der Waals surface area contributed by atoms with Crippen LogP contribution in [0, 0.1) is 5.92 Å². The first-order chi connectivity index (χ1) is 7.66. The molecule has 0 aromatic carbocycles. The van der Waals surface area contributed by atoms with Gasteiger partial charge in [0.25, 0.3) is 0 Å². The average Bonchev–Trinajstić information content (AvgIpc) is 2.85. The fourth-order valence-corrected chi connectivity index (χ4v) is 4.18. The molecule has 2 rings (SSSR count). The summed E-state index contributed by atoms with van der Waals surface area (Å²) in [7, 11) is 0. The third kappa shape index (κ3) is 2.99. The largest absolute Gasteiger partial charge is 0.327 e. The minimum Gasteiger partial charge on any atom is -0.327 e. The molecule has 90 valence electrons. The minimum atomic E-state index is 0.242. The third-order valence-electron chi connectivity index (χ3n) is 3.08. The van der Waals surface area contributed by atoms with Crippen LogP contribution < -0.4 is 5.73 Å². The van der Waals surface area contributed by atoms with Gasteiger partial charge in [0.15, 0.2) is 0 Å². The van der Waals surface area contributed by atoms with Gasteiger partial charge in [-0.05, 0) is 24.5 Å². The van der Waals surface area contributed by atoms with Gasteiger partial charge in [0.1, 0.15) is 5.01 Å². The molecule has 2 heterocycles. The highest BCUT2D eigenvalue weighted by atomic mass is 32.2. The first-order valence-corrected chi connectivity index (χ1v) is 7.91. The monoisotopic (exact) mass is 256 g/mol. The van der Waals surface area contributed by atoms with E-state index in [1.54, 1.807) is 0 Å². The van der Waals surface area contributed by atoms with Gasteiger partial charge in [0.05, 0.1) is 10.9 Å². The second-order valence-corrected chi connectivity index (χ2v) is 6.99. The van der Waals surface area contributed by atoms with Crippen LogP contribution in [0.5, 0.6) is 0 Å². The molecule has 2 atom stereocenters. The fraction of sp³-hybridized carbons (Fsp3) is 0.750. The summed E-state index contributed by atoms with van der Waals surface area (Å²) in [5.74, 6) is 1.83. The number of hydrogen-bond donors (Lipinski definition) is 1. The van der Waals surface area contributed by atoms with E-state index >= 15 is 0 Å². The van der Waals surface area contributed by atoms with Gasteiger partial charge in [-0.1, -0.05) is 13.8 Å². The molecule has 1 aliphatic rings. The zero-order chi connectivity index (χ0) is 11.5. The molecule has 0 bridgehead atoms. The Bertz CT molecular complexity index is 330. The summed E-state index contributed by atoms with van der Waals surface area (Å²) in [5, 5.41) is 4.17. The van der Waals surface area contributed by atoms with Crippen LogP contribution in [0.15, 0.2) is 5.38 Å². The summed E-state index contributed by atoms with van der Waals surface area (Å²) in [6.45, 7) is 4.34. The van der Waals surface area contributed by atoms with Gasteiger partial charge in [0, 0.05) is 17.8 Å². The maximum Gasteiger partial charge on any atom is 0.106 e. The zero-order valence-corrected chi connectivity index (χ0v) is 11.6. The topological polar surface area (TPSA) is 38.9 Å². The summed E-state index contributed by atoms with van der Waals surface area (Å²) < 4.78 is 0. The lowest BCUT2D eigenvalue weighted by molar-refractivity contribution is 0.487. The quantitative estimate of drug-likeness (QED) is 0.899. The molecule has 1 aliphatic heterocycles. The average molecular weight is 256 g/mol. The minimum absolute atomic E-state index is 0.242. The second-order valence-electron chi connectivity index (χ2n) is 4.79. The Kier molecular flexibility index (Phi) is 4.27. The van der Waals surface area contributed by atoms with Crippen molar-refractivity contribution in [2.24, 2.45) is 11.7 Å². The molecular weight excluding hydrogens is 236 g/mol. The Hall–Kier alpha value is -0.0600. The Morgan fingerprint density at radius 3 is 3.00 bits per heavy atom. The molecule has 0 saturated carbocycles. The summed E-state index contributed by atoms with van der Waals surface area (Å²) in [5.41, 5.74) is 7.26. The normalized spacial score (nSPS) is 22.9. The molecule has 4 heteroatoms. The predicted octanol–water partition coefficient (Wildman–Crippen LogP) is 3.24. The third-order valence-corrected chi connectivity index (χ3v) is 5.62. The summed E-state index contributed by atoms with van der Waals surface area (Å²) >= 11 is 3.86. The van der Waals surface area contributed by atoms with E-state index in [2.05, 4.69) is 31.0 Å². The van der Waals surface area contributed by atoms with Gasteiger partial charge in [-0.25, -0.2) is 4.98 Å². The van der Waals surface area contributed by atoms with E-state index in [0.717, 1.165) is 6.42 Å². The lowest BCUT2D eigenvalue weighted by Crippen LogP contribution is -2.28. The van der Waals surface area contributed by atoms with Gasteiger partial charge in [-0.2, -0.15) is 11.8 Å². The van der Waals surface area contributed by atoms with E-state index in [9.17, 15) is 0 Å². The lowest BCUT2D eigenvalue weighted by atomic mass is 10.0. The van der Waals surface area contributed by atoms with Crippen LogP contribution >= 0.6 is 23.1 Å². The fourth-order valence-electron chi connectivity index (χ4n) is 1.81. The maximum absolute atomic E-state index is 6.07. The second kappa shape index (κ2) is 5.52. The number of nitrogens with zero attached hydrogens (tertiary/aromatic N) is 1. The van der Waals surface area contributed by atoms with E-state index in [-0.39, 0.29) is 6.04 Å². The molecule has 0 radical (unpaired) electrons. The van der Waals surface area contributed by atoms with Crippen molar-refractivity contribution in [2.45, 2.75) is 44.4 Å². The van der Waals surface area contributed by atoms with Gasteiger partial charge in [0.2, 0.25) is 0 Å². The maximum atomic E-state index is 6.07. The van der Waals surface area contributed by atoms with Crippen molar-refractivity contribution in [2.75, 3.05) is 5.75 Å². The van der Waals surface area contributed by atoms with Gasteiger partial charge < -0.3 is 5.73 Å². The number of hydrogen-bond acceptors (Lipinski definition) is 4. The van der Waals surface area contributed by atoms with Crippen molar-refractivity contribution >= 4 is 23.1 Å². The van der Waals surface area contributed by atoms with Crippen LogP contribution in [0.25, 0.3) is 0 Å². The highest BCUT2D eigenvalue weighted by Gasteiger charge is 2.21. The molecule has 2 unspecified atom stereocenters. The van der Waals surface area contributed by atoms with Gasteiger partial charge in [-0.15, -0.1) is 11.3 Å². The van der Waals surface area contributed by atoms with Crippen LogP contribution in [0.2, 0.25) is 0 Å². The molecular formula is C12H20N2S2. The molecule has 2 N–H and O–H groups in total. The van der Waals surface area contributed by atoms with Crippen LogP contribution in [-0.4, -0.2) is 16.8 Å². The van der Waals surface area contributed by atoms with Crippen LogP contribution in [0.4, 0.5) is 0 Å². The smallest absolute Gasteiger partial charge is 0.106 e. The van der Waals surface area contributed by atoms with Crippen molar-refractivity contribution in [3.8, 4) is 0 Å². The zero-order valence-electron chi connectivity index (χ0n) is 9.98. The molecule has 0 amide bonds. The van der Waals surface area contributed by atoms with Crippen molar-refractivity contribution in [3.05, 3.63) is 16.1 Å². The van der Waals surface area contributed by atoms with Gasteiger partial charge in [-0.3, -0.25) is 0 Å². The highest BCUT2D eigenvalue weighted by Crippen LogP contribution is 2.41. The van der Waals surface area contributed by atoms with E-state index in [1.165, 1.54) is 29.3 Å². The SMILES string of the molecule is CC(C)C(N)Cc1csc(C2CCCS2)n1. The Balaban J connectivity index is 1.96. The van der Waals surface area contributed by atoms with Crippen LogP contribution in [0.3, 0.4) is 0 Å². The number of nitrogens with two attached hydrogens (primary N) is 1. The van der Waals surface area contributed by atoms with Crippen LogP contribution in [-0.2, 0) is 6.42 Å². The first kappa shape index (κ1) is 12.4. The molecule has 16 heavy (non-hydrogen) atoms. The number of aromatic nitrogens is 1. The van der Waals surface area contributed by atoms with Crippen molar-refractivity contribution in [3.63, 3.8) is 0 Å². The van der Waals surface area contributed by atoms with Gasteiger partial charge >= 0.3 is 0 Å². The van der Waals surface area contributed by atoms with E-state index < -0.39 is 0 Å². The Labute approximate surface area is 106 Å². The molecule has 0 aliphatic carbocycles. The molecule has 0 spiro atoms. The Morgan fingerprint density at radius 2 is 2.38 bits per heavy atom. The predicted molar refractivity (Wildman–Crippen MR) is 73.1 cm³/mol. The summed E-state index contributed by atoms with van der Waals surface area (Å²) in [4.78, 5) is 4.73. The standard InChI is InChI=1S/C12H20N2S2/c1-8(2)10(13)6-9-7-16-12(14-9)11-4-3-5-15-11/h7-8,10-11H,3-6,13H2,1-2H3. The molecule has 2 nitrogen and oxygen atoms in total. The Morgan fingerprint density at radius 1 is 1.56 bits per heavy atom. The van der Waals surface area contributed by atoms with Crippen LogP contribution in [0.1, 0.15) is 42.6 Å². The molecule has 1 fully saturated rings. The van der Waals surface area contributed by atoms with Crippen molar-refractivity contribution < 1.29 is 0 Å². The van der Waals surface area contributed by atoms with E-state index in [0.29, 0.717) is 11.2 Å². The molecule has 1 saturated heterocycles. The lowest BCUT2D eigenvalue weighted by Gasteiger charge is -2.13. The molecule has 1 aromatic rings. The molecule has 1 aromatic heterocycles. The number of rotatable bonds is 4.